The van der Waals surface area contributed by atoms with Gasteiger partial charge in [-0.2, -0.15) is 16.1 Å². The van der Waals surface area contributed by atoms with E-state index in [2.05, 4.69) is 5.32 Å². The molecular formula is C17H18N2O3S2. The van der Waals surface area contributed by atoms with Crippen LogP contribution in [-0.4, -0.2) is 42.2 Å². The zero-order valence-electron chi connectivity index (χ0n) is 13.2. The van der Waals surface area contributed by atoms with Gasteiger partial charge in [-0.05, 0) is 17.9 Å². The van der Waals surface area contributed by atoms with Crippen LogP contribution in [-0.2, 0) is 14.8 Å². The summed E-state index contributed by atoms with van der Waals surface area (Å²) in [5, 5.41) is 4.78. The summed E-state index contributed by atoms with van der Waals surface area (Å²) in [6.45, 7) is 1.95. The zero-order valence-corrected chi connectivity index (χ0v) is 14.9. The minimum Gasteiger partial charge on any atom is -0.325 e. The highest BCUT2D eigenvalue weighted by molar-refractivity contribution is 8.00. The van der Waals surface area contributed by atoms with Crippen LogP contribution in [0.5, 0.6) is 0 Å². The minimum absolute atomic E-state index is 0.0710. The second-order valence-electron chi connectivity index (χ2n) is 6.26. The number of nitrogens with one attached hydrogen (secondary N) is 1. The van der Waals surface area contributed by atoms with Crippen molar-refractivity contribution in [1.82, 2.24) is 4.31 Å². The van der Waals surface area contributed by atoms with E-state index in [0.29, 0.717) is 17.5 Å². The molecule has 2 bridgehead atoms. The van der Waals surface area contributed by atoms with Crippen molar-refractivity contribution in [3.63, 3.8) is 0 Å². The van der Waals surface area contributed by atoms with Crippen LogP contribution in [0.25, 0.3) is 10.8 Å². The Morgan fingerprint density at radius 1 is 1.25 bits per heavy atom. The van der Waals surface area contributed by atoms with Crippen LogP contribution in [0.3, 0.4) is 0 Å². The molecule has 2 saturated heterocycles. The van der Waals surface area contributed by atoms with Gasteiger partial charge in [-0.25, -0.2) is 8.42 Å². The highest BCUT2D eigenvalue weighted by Gasteiger charge is 2.45. The molecule has 2 aromatic rings. The lowest BCUT2D eigenvalue weighted by molar-refractivity contribution is -0.114. The molecule has 7 heteroatoms. The first-order valence-corrected chi connectivity index (χ1v) is 10.4. The smallest absolute Gasteiger partial charge is 0.245 e. The van der Waals surface area contributed by atoms with Crippen molar-refractivity contribution in [1.29, 1.82) is 0 Å². The maximum atomic E-state index is 13.2. The van der Waals surface area contributed by atoms with Gasteiger partial charge in [0.05, 0.1) is 5.69 Å². The summed E-state index contributed by atoms with van der Waals surface area (Å²) in [5.41, 5.74) is 0.385. The van der Waals surface area contributed by atoms with Gasteiger partial charge in [0, 0.05) is 35.9 Å². The number of fused-ring (bicyclic) bond motifs is 3. The number of carbonyl (C=O) groups excluding carboxylic acids is 1. The Bertz CT molecular complexity index is 927. The molecule has 2 aromatic carbocycles. The van der Waals surface area contributed by atoms with E-state index in [9.17, 15) is 13.2 Å². The molecule has 2 heterocycles. The zero-order chi connectivity index (χ0) is 16.9. The monoisotopic (exact) mass is 362 g/mol. The summed E-state index contributed by atoms with van der Waals surface area (Å²) in [6, 6.07) is 11.0. The lowest BCUT2D eigenvalue weighted by atomic mass is 10.1. The van der Waals surface area contributed by atoms with E-state index < -0.39 is 10.0 Å². The fourth-order valence-corrected chi connectivity index (χ4v) is 7.02. The Balaban J connectivity index is 1.87. The first-order valence-electron chi connectivity index (χ1n) is 7.89. The van der Waals surface area contributed by atoms with E-state index in [-0.39, 0.29) is 16.8 Å². The standard InChI is InChI=1S/C17H18N2O3S2/c1-11(20)18-17-15-5-3-2-4-12(15)6-7-16(17)24(21,22)19-9-14-8-13(19)10-23-14/h2-7,13-14H,8-10H2,1H3,(H,18,20). The van der Waals surface area contributed by atoms with Gasteiger partial charge in [-0.1, -0.05) is 30.3 Å². The average molecular weight is 362 g/mol. The predicted octanol–water partition coefficient (Wildman–Crippen LogP) is 2.68. The van der Waals surface area contributed by atoms with E-state index >= 15 is 0 Å². The van der Waals surface area contributed by atoms with E-state index in [1.165, 1.54) is 6.92 Å². The second-order valence-corrected chi connectivity index (χ2v) is 9.45. The quantitative estimate of drug-likeness (QED) is 0.912. The molecule has 24 heavy (non-hydrogen) atoms. The molecule has 126 valence electrons. The second kappa shape index (κ2) is 5.75. The van der Waals surface area contributed by atoms with Crippen LogP contribution in [0.1, 0.15) is 13.3 Å². The third-order valence-corrected chi connectivity index (χ3v) is 7.98. The SMILES string of the molecule is CC(=O)Nc1c(S(=O)(=O)N2CC3CC2CS3)ccc2ccccc12. The number of amides is 1. The predicted molar refractivity (Wildman–Crippen MR) is 96.8 cm³/mol. The van der Waals surface area contributed by atoms with Crippen LogP contribution < -0.4 is 5.32 Å². The van der Waals surface area contributed by atoms with E-state index in [1.807, 2.05) is 36.0 Å². The van der Waals surface area contributed by atoms with Crippen molar-refractivity contribution in [2.75, 3.05) is 17.6 Å². The van der Waals surface area contributed by atoms with Crippen molar-refractivity contribution in [3.8, 4) is 0 Å². The fraction of sp³-hybridized carbons (Fsp3) is 0.353. The van der Waals surface area contributed by atoms with E-state index in [4.69, 9.17) is 0 Å². The Morgan fingerprint density at radius 2 is 2.04 bits per heavy atom. The van der Waals surface area contributed by atoms with Crippen LogP contribution in [0.2, 0.25) is 0 Å². The molecule has 2 atom stereocenters. The van der Waals surface area contributed by atoms with Gasteiger partial charge < -0.3 is 5.32 Å². The van der Waals surface area contributed by atoms with Gasteiger partial charge in [-0.15, -0.1) is 0 Å². The molecule has 0 radical (unpaired) electrons. The molecule has 2 aliphatic heterocycles. The molecule has 5 nitrogen and oxygen atoms in total. The van der Waals surface area contributed by atoms with Gasteiger partial charge in [0.2, 0.25) is 15.9 Å². The number of thioether (sulfide) groups is 1. The lowest BCUT2D eigenvalue weighted by Gasteiger charge is -2.27. The Morgan fingerprint density at radius 3 is 2.71 bits per heavy atom. The highest BCUT2D eigenvalue weighted by Crippen LogP contribution is 2.42. The minimum atomic E-state index is -3.63. The molecule has 0 aromatic heterocycles. The van der Waals surface area contributed by atoms with Crippen LogP contribution in [0.15, 0.2) is 41.3 Å². The molecule has 1 amide bonds. The first-order chi connectivity index (χ1) is 11.5. The number of sulfonamides is 1. The molecule has 2 aliphatic rings. The fourth-order valence-electron chi connectivity index (χ4n) is 3.56. The number of carbonyl (C=O) groups is 1. The number of benzene rings is 2. The normalized spacial score (nSPS) is 23.7. The van der Waals surface area contributed by atoms with Gasteiger partial charge >= 0.3 is 0 Å². The maximum absolute atomic E-state index is 13.2. The van der Waals surface area contributed by atoms with E-state index in [0.717, 1.165) is 22.9 Å². The summed E-state index contributed by atoms with van der Waals surface area (Å²) < 4.78 is 28.1. The van der Waals surface area contributed by atoms with Crippen LogP contribution in [0.4, 0.5) is 5.69 Å². The van der Waals surface area contributed by atoms with Crippen molar-refractivity contribution in [2.45, 2.75) is 29.5 Å². The number of hydrogen-bond donors (Lipinski definition) is 1. The van der Waals surface area contributed by atoms with Crippen LogP contribution >= 0.6 is 11.8 Å². The van der Waals surface area contributed by atoms with Crippen molar-refractivity contribution < 1.29 is 13.2 Å². The number of nitrogens with zero attached hydrogens (tertiary/aromatic N) is 1. The Hall–Kier alpha value is -1.57. The lowest BCUT2D eigenvalue weighted by Crippen LogP contribution is -2.39. The van der Waals surface area contributed by atoms with Crippen molar-refractivity contribution in [2.24, 2.45) is 0 Å². The molecule has 0 aliphatic carbocycles. The Labute approximate surface area is 145 Å². The third kappa shape index (κ3) is 2.51. The van der Waals surface area contributed by atoms with Crippen molar-refractivity contribution >= 4 is 44.2 Å². The summed E-state index contributed by atoms with van der Waals surface area (Å²) in [4.78, 5) is 11.9. The summed E-state index contributed by atoms with van der Waals surface area (Å²) >= 11 is 1.85. The maximum Gasteiger partial charge on any atom is 0.245 e. The number of rotatable bonds is 3. The summed E-state index contributed by atoms with van der Waals surface area (Å²) in [6.07, 6.45) is 0.924. The van der Waals surface area contributed by atoms with Crippen LogP contribution in [0, 0.1) is 0 Å². The molecule has 0 spiro atoms. The van der Waals surface area contributed by atoms with Gasteiger partial charge in [0.1, 0.15) is 4.90 Å². The molecule has 2 unspecified atom stereocenters. The largest absolute Gasteiger partial charge is 0.325 e. The third-order valence-electron chi connectivity index (χ3n) is 4.63. The molecule has 4 rings (SSSR count). The molecule has 1 N–H and O–H groups in total. The van der Waals surface area contributed by atoms with Crippen molar-refractivity contribution in [3.05, 3.63) is 36.4 Å². The van der Waals surface area contributed by atoms with Gasteiger partial charge in [0.15, 0.2) is 0 Å². The summed E-state index contributed by atoms with van der Waals surface area (Å²) in [5.74, 6) is 0.578. The molecular weight excluding hydrogens is 344 g/mol. The highest BCUT2D eigenvalue weighted by atomic mass is 32.2. The summed E-state index contributed by atoms with van der Waals surface area (Å²) in [7, 11) is -3.63. The van der Waals surface area contributed by atoms with Gasteiger partial charge in [-0.3, -0.25) is 4.79 Å². The molecule has 0 saturated carbocycles. The Kier molecular flexibility index (Phi) is 3.82. The number of hydrogen-bond acceptors (Lipinski definition) is 4. The number of anilines is 1. The van der Waals surface area contributed by atoms with E-state index in [1.54, 1.807) is 16.4 Å². The average Bonchev–Trinajstić information content (AvgIpc) is 3.18. The topological polar surface area (TPSA) is 66.5 Å². The molecule has 2 fully saturated rings. The first kappa shape index (κ1) is 15.9. The van der Waals surface area contributed by atoms with Gasteiger partial charge in [0.25, 0.3) is 0 Å².